The number of hydrogen-bond donors (Lipinski definition) is 1. The summed E-state index contributed by atoms with van der Waals surface area (Å²) in [6.45, 7) is 0. The topological polar surface area (TPSA) is 70.1 Å². The van der Waals surface area contributed by atoms with Crippen molar-refractivity contribution in [3.05, 3.63) is 35.5 Å². The number of anilines is 1. The zero-order valence-corrected chi connectivity index (χ0v) is 11.2. The van der Waals surface area contributed by atoms with Crippen molar-refractivity contribution in [2.45, 2.75) is 6.18 Å². The summed E-state index contributed by atoms with van der Waals surface area (Å²) in [4.78, 5) is 11.6. The molecule has 0 saturated carbocycles. The van der Waals surface area contributed by atoms with Crippen molar-refractivity contribution in [1.29, 1.82) is 0 Å². The lowest BCUT2D eigenvalue weighted by molar-refractivity contribution is -0.137. The van der Waals surface area contributed by atoms with Gasteiger partial charge >= 0.3 is 12.1 Å². The fraction of sp³-hybridized carbons (Fsp3) is 0.231. The molecule has 21 heavy (non-hydrogen) atoms. The first-order valence-electron chi connectivity index (χ1n) is 5.83. The van der Waals surface area contributed by atoms with E-state index in [2.05, 4.69) is 9.84 Å². The number of nitrogens with two attached hydrogens (primary N) is 1. The summed E-state index contributed by atoms with van der Waals surface area (Å²) in [5.74, 6) is -0.801. The van der Waals surface area contributed by atoms with E-state index < -0.39 is 17.7 Å². The largest absolute Gasteiger partial charge is 0.465 e. The second kappa shape index (κ2) is 5.12. The van der Waals surface area contributed by atoms with Gasteiger partial charge in [-0.15, -0.1) is 0 Å². The lowest BCUT2D eigenvalue weighted by Crippen LogP contribution is -2.13. The molecule has 2 N–H and O–H groups in total. The summed E-state index contributed by atoms with van der Waals surface area (Å²) in [5, 5.41) is 3.84. The van der Waals surface area contributed by atoms with Crippen molar-refractivity contribution in [2.75, 3.05) is 12.8 Å². The third-order valence-electron chi connectivity index (χ3n) is 3.00. The Balaban J connectivity index is 2.76. The molecule has 8 heteroatoms. The molecular weight excluding hydrogens is 287 g/mol. The predicted octanol–water partition coefficient (Wildman–Crippen LogP) is 2.47. The average Bonchev–Trinajstić information content (AvgIpc) is 2.82. The van der Waals surface area contributed by atoms with Gasteiger partial charge in [0.15, 0.2) is 0 Å². The molecular formula is C13H12F3N3O2. The SMILES string of the molecule is COC(=O)c1cc(-c2ccnn2C)c(C(F)(F)F)cc1N. The lowest BCUT2D eigenvalue weighted by atomic mass is 9.99. The van der Waals surface area contributed by atoms with Gasteiger partial charge in [-0.3, -0.25) is 4.68 Å². The number of ether oxygens (including phenoxy) is 1. The van der Waals surface area contributed by atoms with Crippen molar-refractivity contribution in [2.24, 2.45) is 7.05 Å². The monoisotopic (exact) mass is 299 g/mol. The van der Waals surface area contributed by atoms with Crippen LogP contribution in [0.2, 0.25) is 0 Å². The summed E-state index contributed by atoms with van der Waals surface area (Å²) in [5.41, 5.74) is 4.21. The van der Waals surface area contributed by atoms with E-state index in [4.69, 9.17) is 5.73 Å². The molecule has 0 fully saturated rings. The van der Waals surface area contributed by atoms with Crippen molar-refractivity contribution in [1.82, 2.24) is 9.78 Å². The van der Waals surface area contributed by atoms with Crippen molar-refractivity contribution in [3.63, 3.8) is 0 Å². The van der Waals surface area contributed by atoms with Crippen LogP contribution in [0.3, 0.4) is 0 Å². The molecule has 0 spiro atoms. The predicted molar refractivity (Wildman–Crippen MR) is 69.4 cm³/mol. The number of carbonyl (C=O) groups excluding carboxylic acids is 1. The van der Waals surface area contributed by atoms with E-state index in [9.17, 15) is 18.0 Å². The van der Waals surface area contributed by atoms with Gasteiger partial charge in [-0.1, -0.05) is 0 Å². The number of rotatable bonds is 2. The van der Waals surface area contributed by atoms with E-state index in [1.807, 2.05) is 0 Å². The smallest absolute Gasteiger partial charge is 0.417 e. The zero-order chi connectivity index (χ0) is 15.8. The molecule has 2 aromatic rings. The maximum Gasteiger partial charge on any atom is 0.417 e. The van der Waals surface area contributed by atoms with Gasteiger partial charge in [-0.25, -0.2) is 4.79 Å². The number of hydrogen-bond acceptors (Lipinski definition) is 4. The minimum atomic E-state index is -4.61. The standard InChI is InChI=1S/C13H12F3N3O2/c1-19-11(3-4-18-19)7-5-8(12(20)21-2)10(17)6-9(7)13(14,15)16/h3-6H,17H2,1-2H3. The summed E-state index contributed by atoms with van der Waals surface area (Å²) in [7, 11) is 2.63. The quantitative estimate of drug-likeness (QED) is 0.683. The Kier molecular flexibility index (Phi) is 3.63. The molecule has 112 valence electrons. The highest BCUT2D eigenvalue weighted by Crippen LogP contribution is 2.39. The van der Waals surface area contributed by atoms with Gasteiger partial charge < -0.3 is 10.5 Å². The summed E-state index contributed by atoms with van der Waals surface area (Å²) < 4.78 is 45.3. The maximum absolute atomic E-state index is 13.2. The molecule has 1 aromatic carbocycles. The second-order valence-corrected chi connectivity index (χ2v) is 4.31. The third kappa shape index (κ3) is 2.69. The Bertz CT molecular complexity index is 692. The zero-order valence-electron chi connectivity index (χ0n) is 11.2. The number of alkyl halides is 3. The number of aromatic nitrogens is 2. The van der Waals surface area contributed by atoms with Crippen LogP contribution in [0.25, 0.3) is 11.3 Å². The Labute approximate surface area is 118 Å². The molecule has 0 radical (unpaired) electrons. The molecule has 0 amide bonds. The molecule has 0 atom stereocenters. The normalized spacial score (nSPS) is 11.5. The number of esters is 1. The van der Waals surface area contributed by atoms with Gasteiger partial charge in [0.05, 0.1) is 23.9 Å². The van der Waals surface area contributed by atoms with E-state index in [1.54, 1.807) is 0 Å². The minimum Gasteiger partial charge on any atom is -0.465 e. The first-order chi connectivity index (χ1) is 9.75. The fourth-order valence-electron chi connectivity index (χ4n) is 1.99. The van der Waals surface area contributed by atoms with Gasteiger partial charge in [0.2, 0.25) is 0 Å². The van der Waals surface area contributed by atoms with Gasteiger partial charge in [0.25, 0.3) is 0 Å². The molecule has 5 nitrogen and oxygen atoms in total. The van der Waals surface area contributed by atoms with E-state index >= 15 is 0 Å². The molecule has 0 bridgehead atoms. The highest BCUT2D eigenvalue weighted by atomic mass is 19.4. The number of nitrogens with zero attached hydrogens (tertiary/aromatic N) is 2. The van der Waals surface area contributed by atoms with Crippen LogP contribution in [0.1, 0.15) is 15.9 Å². The molecule has 0 aliphatic carbocycles. The Morgan fingerprint density at radius 3 is 2.52 bits per heavy atom. The fourth-order valence-corrected chi connectivity index (χ4v) is 1.99. The van der Waals surface area contributed by atoms with E-state index in [1.165, 1.54) is 24.0 Å². The Morgan fingerprint density at radius 1 is 1.38 bits per heavy atom. The van der Waals surface area contributed by atoms with Crippen LogP contribution < -0.4 is 5.73 Å². The van der Waals surface area contributed by atoms with Crippen molar-refractivity contribution < 1.29 is 22.7 Å². The molecule has 0 aliphatic heterocycles. The van der Waals surface area contributed by atoms with Crippen LogP contribution in [-0.2, 0) is 18.0 Å². The second-order valence-electron chi connectivity index (χ2n) is 4.31. The average molecular weight is 299 g/mol. The van der Waals surface area contributed by atoms with Gasteiger partial charge in [-0.05, 0) is 18.2 Å². The Hall–Kier alpha value is -2.51. The number of carbonyl (C=O) groups is 1. The molecule has 0 unspecified atom stereocenters. The third-order valence-corrected chi connectivity index (χ3v) is 3.00. The molecule has 1 aromatic heterocycles. The van der Waals surface area contributed by atoms with Crippen LogP contribution >= 0.6 is 0 Å². The summed E-state index contributed by atoms with van der Waals surface area (Å²) in [6, 6.07) is 3.22. The van der Waals surface area contributed by atoms with Crippen LogP contribution in [0, 0.1) is 0 Å². The highest BCUT2D eigenvalue weighted by Gasteiger charge is 2.35. The summed E-state index contributed by atoms with van der Waals surface area (Å²) >= 11 is 0. The molecule has 1 heterocycles. The van der Waals surface area contributed by atoms with Crippen LogP contribution in [0.4, 0.5) is 18.9 Å². The highest BCUT2D eigenvalue weighted by molar-refractivity contribution is 5.97. The van der Waals surface area contributed by atoms with E-state index in [0.29, 0.717) is 0 Å². The van der Waals surface area contributed by atoms with Crippen molar-refractivity contribution in [3.8, 4) is 11.3 Å². The minimum absolute atomic E-state index is 0.123. The Morgan fingerprint density at radius 2 is 2.05 bits per heavy atom. The van der Waals surface area contributed by atoms with Crippen molar-refractivity contribution >= 4 is 11.7 Å². The van der Waals surface area contributed by atoms with E-state index in [0.717, 1.165) is 19.2 Å². The lowest BCUT2D eigenvalue weighted by Gasteiger charge is -2.16. The van der Waals surface area contributed by atoms with E-state index in [-0.39, 0.29) is 22.5 Å². The van der Waals surface area contributed by atoms with Crippen LogP contribution in [0.5, 0.6) is 0 Å². The molecule has 2 rings (SSSR count). The maximum atomic E-state index is 13.2. The number of benzene rings is 1. The first-order valence-corrected chi connectivity index (χ1v) is 5.83. The number of nitrogen functional groups attached to an aromatic ring is 1. The number of methoxy groups -OCH3 is 1. The van der Waals surface area contributed by atoms with Gasteiger partial charge in [-0.2, -0.15) is 18.3 Å². The van der Waals surface area contributed by atoms with Crippen LogP contribution in [0.15, 0.2) is 24.4 Å². The molecule has 0 saturated heterocycles. The van der Waals surface area contributed by atoms with Gasteiger partial charge in [0, 0.05) is 24.5 Å². The molecule has 0 aliphatic rings. The summed E-state index contributed by atoms with van der Waals surface area (Å²) in [6.07, 6.45) is -3.24. The number of aryl methyl sites for hydroxylation is 1. The van der Waals surface area contributed by atoms with Gasteiger partial charge in [0.1, 0.15) is 0 Å². The number of halogens is 3. The van der Waals surface area contributed by atoms with Crippen LogP contribution in [-0.4, -0.2) is 22.9 Å². The first kappa shape index (κ1) is 14.9.